The van der Waals surface area contributed by atoms with Gasteiger partial charge in [0, 0.05) is 36.2 Å². The molecule has 2 heterocycles. The highest BCUT2D eigenvalue weighted by atomic mass is 16.5. The van der Waals surface area contributed by atoms with Crippen molar-refractivity contribution >= 4 is 29.0 Å². The minimum absolute atomic E-state index is 0.0286. The Kier molecular flexibility index (Phi) is 9.12. The van der Waals surface area contributed by atoms with Gasteiger partial charge in [-0.15, -0.1) is 0 Å². The van der Waals surface area contributed by atoms with Gasteiger partial charge in [0.05, 0.1) is 36.2 Å². The molecule has 0 radical (unpaired) electrons. The number of nitrogens with one attached hydrogen (secondary N) is 2. The number of esters is 1. The predicted octanol–water partition coefficient (Wildman–Crippen LogP) is 5.61. The second-order valence-electron chi connectivity index (χ2n) is 10.4. The summed E-state index contributed by atoms with van der Waals surface area (Å²) in [5, 5.41) is 15.1. The Labute approximate surface area is 241 Å². The van der Waals surface area contributed by atoms with Gasteiger partial charge in [0.2, 0.25) is 5.95 Å². The largest absolute Gasteiger partial charge is 0.459 e. The SMILES string of the molecule is C=C(NCC#N)c1ccc(-c2nc(Nc3ccc(N4CCOCC4)c(C(=O)OC4CCCCC4)c3)ncc2C)cc1. The second kappa shape index (κ2) is 13.3. The molecule has 1 saturated heterocycles. The van der Waals surface area contributed by atoms with Crippen LogP contribution in [0.15, 0.2) is 55.2 Å². The van der Waals surface area contributed by atoms with Crippen molar-refractivity contribution in [2.45, 2.75) is 45.1 Å². The van der Waals surface area contributed by atoms with Crippen molar-refractivity contribution in [3.8, 4) is 17.3 Å². The Hall–Kier alpha value is -4.42. The maximum absolute atomic E-state index is 13.4. The molecule has 5 rings (SSSR count). The van der Waals surface area contributed by atoms with Crippen molar-refractivity contribution in [1.29, 1.82) is 5.26 Å². The summed E-state index contributed by atoms with van der Waals surface area (Å²) in [6.07, 6.45) is 6.98. The number of morpholine rings is 1. The molecule has 9 heteroatoms. The van der Waals surface area contributed by atoms with Crippen LogP contribution >= 0.6 is 0 Å². The number of benzene rings is 2. The van der Waals surface area contributed by atoms with Gasteiger partial charge in [0.1, 0.15) is 12.6 Å². The lowest BCUT2D eigenvalue weighted by molar-refractivity contribution is 0.0211. The molecule has 41 heavy (non-hydrogen) atoms. The summed E-state index contributed by atoms with van der Waals surface area (Å²) in [5.74, 6) is 0.138. The highest BCUT2D eigenvalue weighted by molar-refractivity contribution is 5.97. The maximum Gasteiger partial charge on any atom is 0.340 e. The number of nitrogens with zero attached hydrogens (tertiary/aromatic N) is 4. The molecule has 0 bridgehead atoms. The number of hydrogen-bond donors (Lipinski definition) is 2. The molecule has 212 valence electrons. The lowest BCUT2D eigenvalue weighted by Crippen LogP contribution is -2.37. The van der Waals surface area contributed by atoms with E-state index >= 15 is 0 Å². The quantitative estimate of drug-likeness (QED) is 0.258. The molecule has 2 aliphatic rings. The van der Waals surface area contributed by atoms with E-state index in [2.05, 4.69) is 33.2 Å². The monoisotopic (exact) mass is 552 g/mol. The normalized spacial score (nSPS) is 15.6. The number of aryl methyl sites for hydroxylation is 1. The third-order valence-corrected chi connectivity index (χ3v) is 7.51. The van der Waals surface area contributed by atoms with Crippen LogP contribution in [0.3, 0.4) is 0 Å². The third kappa shape index (κ3) is 7.02. The Morgan fingerprint density at radius 2 is 1.90 bits per heavy atom. The fourth-order valence-electron chi connectivity index (χ4n) is 5.26. The first-order valence-electron chi connectivity index (χ1n) is 14.2. The zero-order valence-electron chi connectivity index (χ0n) is 23.5. The van der Waals surface area contributed by atoms with E-state index in [1.165, 1.54) is 6.42 Å². The number of carbonyl (C=O) groups is 1. The van der Waals surface area contributed by atoms with Crippen LogP contribution in [0.4, 0.5) is 17.3 Å². The van der Waals surface area contributed by atoms with Crippen LogP contribution in [-0.2, 0) is 9.47 Å². The highest BCUT2D eigenvalue weighted by Gasteiger charge is 2.24. The number of aromatic nitrogens is 2. The van der Waals surface area contributed by atoms with E-state index in [0.29, 0.717) is 36.1 Å². The Morgan fingerprint density at radius 3 is 2.63 bits per heavy atom. The van der Waals surface area contributed by atoms with Crippen LogP contribution in [-0.4, -0.2) is 54.9 Å². The molecule has 9 nitrogen and oxygen atoms in total. The zero-order valence-corrected chi connectivity index (χ0v) is 23.5. The minimum atomic E-state index is -0.293. The summed E-state index contributed by atoms with van der Waals surface area (Å²) in [6.45, 7) is 8.87. The van der Waals surface area contributed by atoms with E-state index < -0.39 is 0 Å². The summed E-state index contributed by atoms with van der Waals surface area (Å²) in [4.78, 5) is 24.9. The van der Waals surface area contributed by atoms with Crippen molar-refractivity contribution in [2.24, 2.45) is 0 Å². The number of anilines is 3. The molecular formula is C32H36N6O3. The average molecular weight is 553 g/mol. The van der Waals surface area contributed by atoms with Gasteiger partial charge in [-0.1, -0.05) is 37.3 Å². The summed E-state index contributed by atoms with van der Waals surface area (Å²) in [5.41, 5.74) is 6.37. The van der Waals surface area contributed by atoms with Crippen molar-refractivity contribution in [3.63, 3.8) is 0 Å². The summed E-state index contributed by atoms with van der Waals surface area (Å²) in [7, 11) is 0. The molecule has 0 unspecified atom stereocenters. The van der Waals surface area contributed by atoms with E-state index in [0.717, 1.165) is 66.8 Å². The molecule has 0 spiro atoms. The van der Waals surface area contributed by atoms with Gasteiger partial charge >= 0.3 is 5.97 Å². The molecule has 2 aromatic carbocycles. The van der Waals surface area contributed by atoms with E-state index in [9.17, 15) is 4.79 Å². The molecule has 1 aromatic heterocycles. The number of ether oxygens (including phenoxy) is 2. The van der Waals surface area contributed by atoms with Crippen molar-refractivity contribution in [3.05, 3.63) is 71.9 Å². The third-order valence-electron chi connectivity index (χ3n) is 7.51. The first-order chi connectivity index (χ1) is 20.0. The van der Waals surface area contributed by atoms with Crippen molar-refractivity contribution < 1.29 is 14.3 Å². The standard InChI is InChI=1S/C32H36N6O3/c1-22-21-35-32(37-30(22)25-10-8-24(9-11-25)23(2)34-15-14-33)36-26-12-13-29(38-16-18-40-19-17-38)28(20-26)31(39)41-27-6-4-3-5-7-27/h8-13,20-21,27,34H,2-7,15-19H2,1H3,(H,35,36,37). The highest BCUT2D eigenvalue weighted by Crippen LogP contribution is 2.30. The molecule has 0 amide bonds. The number of rotatable bonds is 9. The topological polar surface area (TPSA) is 112 Å². The smallest absolute Gasteiger partial charge is 0.340 e. The van der Waals surface area contributed by atoms with Gasteiger partial charge in [-0.3, -0.25) is 0 Å². The Morgan fingerprint density at radius 1 is 1.15 bits per heavy atom. The van der Waals surface area contributed by atoms with Gasteiger partial charge in [-0.25, -0.2) is 14.8 Å². The zero-order chi connectivity index (χ0) is 28.6. The van der Waals surface area contributed by atoms with Crippen molar-refractivity contribution in [1.82, 2.24) is 15.3 Å². The van der Waals surface area contributed by atoms with E-state index in [-0.39, 0.29) is 18.6 Å². The molecule has 1 aliphatic heterocycles. The van der Waals surface area contributed by atoms with Gasteiger partial charge in [0.25, 0.3) is 0 Å². The van der Waals surface area contributed by atoms with E-state index in [1.807, 2.05) is 49.4 Å². The van der Waals surface area contributed by atoms with Crippen LogP contribution in [0.1, 0.15) is 53.6 Å². The van der Waals surface area contributed by atoms with Gasteiger partial charge in [-0.2, -0.15) is 5.26 Å². The fraction of sp³-hybridized carbons (Fsp3) is 0.375. The lowest BCUT2D eigenvalue weighted by atomic mass is 9.98. The fourth-order valence-corrected chi connectivity index (χ4v) is 5.26. The summed E-state index contributed by atoms with van der Waals surface area (Å²) in [6, 6.07) is 15.7. The van der Waals surface area contributed by atoms with Crippen LogP contribution in [0.5, 0.6) is 0 Å². The lowest BCUT2D eigenvalue weighted by Gasteiger charge is -2.31. The van der Waals surface area contributed by atoms with E-state index in [4.69, 9.17) is 19.7 Å². The number of hydrogen-bond acceptors (Lipinski definition) is 9. The van der Waals surface area contributed by atoms with Gasteiger partial charge in [-0.05, 0) is 61.9 Å². The number of carbonyl (C=O) groups excluding carboxylic acids is 1. The Balaban J connectivity index is 1.38. The summed E-state index contributed by atoms with van der Waals surface area (Å²) >= 11 is 0. The van der Waals surface area contributed by atoms with Crippen LogP contribution in [0, 0.1) is 18.3 Å². The molecule has 2 fully saturated rings. The average Bonchev–Trinajstić information content (AvgIpc) is 3.02. The predicted molar refractivity (Wildman–Crippen MR) is 160 cm³/mol. The minimum Gasteiger partial charge on any atom is -0.459 e. The van der Waals surface area contributed by atoms with Gasteiger partial charge < -0.3 is 25.0 Å². The van der Waals surface area contributed by atoms with Crippen molar-refractivity contribution in [2.75, 3.05) is 43.1 Å². The van der Waals surface area contributed by atoms with Crippen LogP contribution in [0.25, 0.3) is 17.0 Å². The second-order valence-corrected chi connectivity index (χ2v) is 10.4. The van der Waals surface area contributed by atoms with E-state index in [1.54, 1.807) is 6.20 Å². The first kappa shape index (κ1) is 28.1. The van der Waals surface area contributed by atoms with Crippen LogP contribution < -0.4 is 15.5 Å². The maximum atomic E-state index is 13.4. The molecular weight excluding hydrogens is 516 g/mol. The molecule has 3 aromatic rings. The molecule has 1 aliphatic carbocycles. The Bertz CT molecular complexity index is 1420. The first-order valence-corrected chi connectivity index (χ1v) is 14.2. The summed E-state index contributed by atoms with van der Waals surface area (Å²) < 4.78 is 11.5. The van der Waals surface area contributed by atoms with Crippen LogP contribution in [0.2, 0.25) is 0 Å². The molecule has 1 saturated carbocycles. The van der Waals surface area contributed by atoms with Gasteiger partial charge in [0.15, 0.2) is 0 Å². The molecule has 2 N–H and O–H groups in total. The molecule has 0 atom stereocenters. The number of nitriles is 1.